The summed E-state index contributed by atoms with van der Waals surface area (Å²) in [5.74, 6) is -0.712. The third-order valence-electron chi connectivity index (χ3n) is 1.97. The van der Waals surface area contributed by atoms with Gasteiger partial charge in [-0.15, -0.1) is 0 Å². The fraction of sp³-hybridized carbons (Fsp3) is 0.750. The zero-order chi connectivity index (χ0) is 10.8. The van der Waals surface area contributed by atoms with E-state index < -0.39 is 10.3 Å². The predicted molar refractivity (Wildman–Crippen MR) is 58.9 cm³/mol. The summed E-state index contributed by atoms with van der Waals surface area (Å²) >= 11 is 6.35. The number of hydrogen-bond acceptors (Lipinski definition) is 4. The summed E-state index contributed by atoms with van der Waals surface area (Å²) in [6.45, 7) is 2.78. The summed E-state index contributed by atoms with van der Waals surface area (Å²) in [5, 5.41) is 2.98. The van der Waals surface area contributed by atoms with Gasteiger partial charge in [0.2, 0.25) is 0 Å². The molecule has 0 amide bonds. The highest BCUT2D eigenvalue weighted by atomic mass is 79.9. The number of rotatable bonds is 2. The monoisotopic (exact) mass is 327 g/mol. The molecule has 6 heteroatoms. The Morgan fingerprint density at radius 2 is 2.43 bits per heavy atom. The molecule has 4 nitrogen and oxygen atoms in total. The van der Waals surface area contributed by atoms with Crippen LogP contribution in [0.15, 0.2) is 0 Å². The van der Waals surface area contributed by atoms with Gasteiger partial charge in [-0.05, 0) is 6.92 Å². The van der Waals surface area contributed by atoms with E-state index >= 15 is 0 Å². The molecule has 0 aromatic heterocycles. The SMILES string of the molecule is CCOC(=O)C1(Br)CNCC(Br)C1=O. The van der Waals surface area contributed by atoms with Gasteiger partial charge in [-0.1, -0.05) is 31.9 Å². The summed E-state index contributed by atoms with van der Waals surface area (Å²) in [6.07, 6.45) is 0. The molecule has 0 aromatic rings. The maximum Gasteiger partial charge on any atom is 0.331 e. The van der Waals surface area contributed by atoms with Gasteiger partial charge in [0.1, 0.15) is 0 Å². The third-order valence-corrected chi connectivity index (χ3v) is 3.70. The molecule has 1 aliphatic rings. The fourth-order valence-corrected chi connectivity index (χ4v) is 2.73. The summed E-state index contributed by atoms with van der Waals surface area (Å²) in [4.78, 5) is 22.9. The standard InChI is InChI=1S/C8H11Br2NO3/c1-2-14-7(13)8(10)4-11-3-5(9)6(8)12/h5,11H,2-4H2,1H3. The Balaban J connectivity index is 2.80. The number of ketones is 1. The zero-order valence-electron chi connectivity index (χ0n) is 7.68. The van der Waals surface area contributed by atoms with Crippen LogP contribution >= 0.6 is 31.9 Å². The lowest BCUT2D eigenvalue weighted by atomic mass is 9.98. The number of Topliss-reactive ketones (excluding diaryl/α,β-unsaturated/α-hetero) is 1. The minimum absolute atomic E-state index is 0.185. The van der Waals surface area contributed by atoms with Gasteiger partial charge in [-0.2, -0.15) is 0 Å². The normalized spacial score (nSPS) is 32.8. The van der Waals surface area contributed by atoms with Crippen molar-refractivity contribution in [3.05, 3.63) is 0 Å². The molecule has 0 bridgehead atoms. The van der Waals surface area contributed by atoms with E-state index in [1.807, 2.05) is 0 Å². The van der Waals surface area contributed by atoms with Crippen molar-refractivity contribution < 1.29 is 14.3 Å². The number of esters is 1. The molecule has 14 heavy (non-hydrogen) atoms. The van der Waals surface area contributed by atoms with E-state index in [0.717, 1.165) is 0 Å². The molecule has 0 saturated carbocycles. The number of halogens is 2. The molecule has 0 radical (unpaired) electrons. The Morgan fingerprint density at radius 1 is 1.79 bits per heavy atom. The number of nitrogens with one attached hydrogen (secondary N) is 1. The molecule has 1 fully saturated rings. The quantitative estimate of drug-likeness (QED) is 0.458. The molecule has 1 N–H and O–H groups in total. The molecule has 2 unspecified atom stereocenters. The summed E-state index contributed by atoms with van der Waals surface area (Å²) < 4.78 is 3.61. The molecule has 80 valence electrons. The van der Waals surface area contributed by atoms with E-state index in [0.29, 0.717) is 6.54 Å². The lowest BCUT2D eigenvalue weighted by molar-refractivity contribution is -0.149. The van der Waals surface area contributed by atoms with Crippen molar-refractivity contribution in [1.29, 1.82) is 0 Å². The van der Waals surface area contributed by atoms with E-state index in [1.54, 1.807) is 6.92 Å². The van der Waals surface area contributed by atoms with Crippen molar-refractivity contribution in [3.63, 3.8) is 0 Å². The second kappa shape index (κ2) is 4.72. The van der Waals surface area contributed by atoms with E-state index in [2.05, 4.69) is 37.2 Å². The van der Waals surface area contributed by atoms with E-state index in [4.69, 9.17) is 4.74 Å². The van der Waals surface area contributed by atoms with Crippen molar-refractivity contribution in [2.24, 2.45) is 0 Å². The molecular formula is C8H11Br2NO3. The molecule has 0 spiro atoms. The van der Waals surface area contributed by atoms with E-state index in [-0.39, 0.29) is 23.8 Å². The van der Waals surface area contributed by atoms with Gasteiger partial charge in [-0.3, -0.25) is 4.79 Å². The average molecular weight is 329 g/mol. The lowest BCUT2D eigenvalue weighted by Gasteiger charge is -2.31. The predicted octanol–water partition coefficient (Wildman–Crippen LogP) is 0.619. The number of carbonyl (C=O) groups is 2. The smallest absolute Gasteiger partial charge is 0.331 e. The van der Waals surface area contributed by atoms with Gasteiger partial charge in [0.25, 0.3) is 0 Å². The summed E-state index contributed by atoms with van der Waals surface area (Å²) in [5.41, 5.74) is 0. The average Bonchev–Trinajstić information content (AvgIpc) is 2.14. The van der Waals surface area contributed by atoms with Crippen LogP contribution in [-0.4, -0.2) is 40.6 Å². The van der Waals surface area contributed by atoms with Gasteiger partial charge in [0.05, 0.1) is 11.4 Å². The van der Waals surface area contributed by atoms with Crippen LogP contribution in [0, 0.1) is 0 Å². The molecular weight excluding hydrogens is 318 g/mol. The van der Waals surface area contributed by atoms with Crippen LogP contribution in [-0.2, 0) is 14.3 Å². The highest BCUT2D eigenvalue weighted by Crippen LogP contribution is 2.27. The molecule has 1 heterocycles. The highest BCUT2D eigenvalue weighted by Gasteiger charge is 2.49. The van der Waals surface area contributed by atoms with Crippen LogP contribution < -0.4 is 5.32 Å². The van der Waals surface area contributed by atoms with E-state index in [1.165, 1.54) is 0 Å². The lowest BCUT2D eigenvalue weighted by Crippen LogP contribution is -2.59. The number of ether oxygens (including phenoxy) is 1. The minimum Gasteiger partial charge on any atom is -0.465 e. The van der Waals surface area contributed by atoms with Gasteiger partial charge >= 0.3 is 5.97 Å². The molecule has 1 aliphatic heterocycles. The van der Waals surface area contributed by atoms with Crippen LogP contribution in [0.3, 0.4) is 0 Å². The number of alkyl halides is 2. The summed E-state index contributed by atoms with van der Waals surface area (Å²) in [6, 6.07) is 0. The van der Waals surface area contributed by atoms with Crippen molar-refractivity contribution in [2.75, 3.05) is 19.7 Å². The van der Waals surface area contributed by atoms with Gasteiger partial charge in [0, 0.05) is 13.1 Å². The Bertz CT molecular complexity index is 259. The second-order valence-electron chi connectivity index (χ2n) is 2.98. The molecule has 0 aliphatic carbocycles. The Hall–Kier alpha value is 0.0600. The Morgan fingerprint density at radius 3 is 3.00 bits per heavy atom. The van der Waals surface area contributed by atoms with Gasteiger partial charge in [0.15, 0.2) is 10.1 Å². The summed E-state index contributed by atoms with van der Waals surface area (Å²) in [7, 11) is 0. The first-order chi connectivity index (χ1) is 6.52. The van der Waals surface area contributed by atoms with Crippen LogP contribution in [0.1, 0.15) is 6.92 Å². The first-order valence-corrected chi connectivity index (χ1v) is 5.98. The van der Waals surface area contributed by atoms with Crippen molar-refractivity contribution in [2.45, 2.75) is 16.1 Å². The largest absolute Gasteiger partial charge is 0.465 e. The number of piperidine rings is 1. The first-order valence-electron chi connectivity index (χ1n) is 4.27. The van der Waals surface area contributed by atoms with Gasteiger partial charge in [-0.25, -0.2) is 4.79 Å². The van der Waals surface area contributed by atoms with Crippen LogP contribution in [0.25, 0.3) is 0 Å². The zero-order valence-corrected chi connectivity index (χ0v) is 10.9. The second-order valence-corrected chi connectivity index (χ2v) is 5.44. The highest BCUT2D eigenvalue weighted by molar-refractivity contribution is 9.11. The number of carbonyl (C=O) groups excluding carboxylic acids is 2. The molecule has 1 saturated heterocycles. The molecule has 0 aromatic carbocycles. The van der Waals surface area contributed by atoms with E-state index in [9.17, 15) is 9.59 Å². The van der Waals surface area contributed by atoms with Crippen molar-refractivity contribution in [3.8, 4) is 0 Å². The topological polar surface area (TPSA) is 55.4 Å². The molecule has 2 atom stereocenters. The van der Waals surface area contributed by atoms with Crippen LogP contribution in [0.5, 0.6) is 0 Å². The van der Waals surface area contributed by atoms with Crippen molar-refractivity contribution >= 4 is 43.6 Å². The van der Waals surface area contributed by atoms with Crippen LogP contribution in [0.2, 0.25) is 0 Å². The number of hydrogen-bond donors (Lipinski definition) is 1. The van der Waals surface area contributed by atoms with Crippen molar-refractivity contribution in [1.82, 2.24) is 5.32 Å². The molecule has 1 rings (SSSR count). The minimum atomic E-state index is -1.23. The maximum atomic E-state index is 11.7. The fourth-order valence-electron chi connectivity index (χ4n) is 1.22. The Labute approximate surface area is 99.0 Å². The van der Waals surface area contributed by atoms with Gasteiger partial charge < -0.3 is 10.1 Å². The maximum absolute atomic E-state index is 11.7. The first kappa shape index (κ1) is 12.1. The third kappa shape index (κ3) is 2.17. The van der Waals surface area contributed by atoms with Crippen LogP contribution in [0.4, 0.5) is 0 Å². The Kier molecular flexibility index (Phi) is 4.09.